The van der Waals surface area contributed by atoms with Crippen molar-refractivity contribution in [2.45, 2.75) is 40.0 Å². The number of rotatable bonds is 7. The fourth-order valence-corrected chi connectivity index (χ4v) is 2.30. The third-order valence-corrected chi connectivity index (χ3v) is 3.94. The number of carbonyl (C=O) groups is 2. The quantitative estimate of drug-likeness (QED) is 0.809. The standard InChI is InChI=1S/C16H23NO4/c1-5-16(6-2,15(19)20)10-14(18)17-12-9-11(3)7-8-13(12)21-4/h7-9H,5-6,10H2,1-4H3,(H,17,18)(H,19,20). The van der Waals surface area contributed by atoms with Gasteiger partial charge in [-0.3, -0.25) is 9.59 Å². The Bertz CT molecular complexity index is 521. The predicted molar refractivity (Wildman–Crippen MR) is 81.6 cm³/mol. The zero-order chi connectivity index (χ0) is 16.0. The number of benzene rings is 1. The van der Waals surface area contributed by atoms with E-state index in [0.717, 1.165) is 5.56 Å². The van der Waals surface area contributed by atoms with Crippen LogP contribution in [0.5, 0.6) is 5.75 Å². The number of carboxylic acid groups (broad SMARTS) is 1. The summed E-state index contributed by atoms with van der Waals surface area (Å²) in [6.07, 6.45) is 0.779. The van der Waals surface area contributed by atoms with Crippen LogP contribution >= 0.6 is 0 Å². The van der Waals surface area contributed by atoms with E-state index in [1.807, 2.05) is 13.0 Å². The van der Waals surface area contributed by atoms with E-state index in [0.29, 0.717) is 24.3 Å². The average molecular weight is 293 g/mol. The highest BCUT2D eigenvalue weighted by atomic mass is 16.5. The van der Waals surface area contributed by atoms with Gasteiger partial charge in [0.1, 0.15) is 5.75 Å². The van der Waals surface area contributed by atoms with Crippen LogP contribution in [-0.2, 0) is 9.59 Å². The van der Waals surface area contributed by atoms with Crippen molar-refractivity contribution >= 4 is 17.6 Å². The highest BCUT2D eigenvalue weighted by Gasteiger charge is 2.37. The number of aliphatic carboxylic acids is 1. The van der Waals surface area contributed by atoms with E-state index in [1.54, 1.807) is 26.0 Å². The summed E-state index contributed by atoms with van der Waals surface area (Å²) in [5.74, 6) is -0.688. The van der Waals surface area contributed by atoms with Crippen LogP contribution < -0.4 is 10.1 Å². The van der Waals surface area contributed by atoms with Gasteiger partial charge in [0.2, 0.25) is 5.91 Å². The smallest absolute Gasteiger partial charge is 0.310 e. The van der Waals surface area contributed by atoms with Crippen molar-refractivity contribution in [2.24, 2.45) is 5.41 Å². The summed E-state index contributed by atoms with van der Waals surface area (Å²) >= 11 is 0. The summed E-state index contributed by atoms with van der Waals surface area (Å²) in [5, 5.41) is 12.1. The van der Waals surface area contributed by atoms with Crippen LogP contribution in [0.1, 0.15) is 38.7 Å². The van der Waals surface area contributed by atoms with E-state index in [2.05, 4.69) is 5.32 Å². The maximum atomic E-state index is 12.2. The Kier molecular flexibility index (Phi) is 5.76. The molecular formula is C16H23NO4. The van der Waals surface area contributed by atoms with Gasteiger partial charge in [-0.25, -0.2) is 0 Å². The SMILES string of the molecule is CCC(CC)(CC(=O)Nc1cc(C)ccc1OC)C(=O)O. The number of carboxylic acids is 1. The molecule has 0 unspecified atom stereocenters. The lowest BCUT2D eigenvalue weighted by Crippen LogP contribution is -2.34. The molecule has 0 aliphatic rings. The van der Waals surface area contributed by atoms with Crippen LogP contribution in [0.25, 0.3) is 0 Å². The van der Waals surface area contributed by atoms with Crippen molar-refractivity contribution in [3.05, 3.63) is 23.8 Å². The molecule has 1 aromatic rings. The first-order valence-corrected chi connectivity index (χ1v) is 7.06. The zero-order valence-electron chi connectivity index (χ0n) is 13.0. The Hall–Kier alpha value is -2.04. The largest absolute Gasteiger partial charge is 0.495 e. The van der Waals surface area contributed by atoms with Crippen LogP contribution in [-0.4, -0.2) is 24.1 Å². The average Bonchev–Trinajstić information content (AvgIpc) is 2.44. The van der Waals surface area contributed by atoms with Gasteiger partial charge in [0.25, 0.3) is 0 Å². The fraction of sp³-hybridized carbons (Fsp3) is 0.500. The summed E-state index contributed by atoms with van der Waals surface area (Å²) in [6.45, 7) is 5.49. The first-order valence-electron chi connectivity index (χ1n) is 7.06. The molecule has 1 rings (SSSR count). The molecule has 0 radical (unpaired) electrons. The minimum atomic E-state index is -1.01. The second-order valence-corrected chi connectivity index (χ2v) is 5.22. The Morgan fingerprint density at radius 1 is 1.29 bits per heavy atom. The summed E-state index contributed by atoms with van der Waals surface area (Å²) in [5.41, 5.74) is 0.539. The molecular weight excluding hydrogens is 270 g/mol. The molecule has 5 heteroatoms. The molecule has 116 valence electrons. The van der Waals surface area contributed by atoms with Gasteiger partial charge in [0, 0.05) is 6.42 Å². The molecule has 0 saturated heterocycles. The van der Waals surface area contributed by atoms with Crippen molar-refractivity contribution in [3.63, 3.8) is 0 Å². The van der Waals surface area contributed by atoms with Crippen molar-refractivity contribution in [1.82, 2.24) is 0 Å². The van der Waals surface area contributed by atoms with Crippen LogP contribution in [0.4, 0.5) is 5.69 Å². The van der Waals surface area contributed by atoms with E-state index in [9.17, 15) is 14.7 Å². The predicted octanol–water partition coefficient (Wildman–Crippen LogP) is 3.22. The van der Waals surface area contributed by atoms with Crippen LogP contribution in [0.15, 0.2) is 18.2 Å². The minimum Gasteiger partial charge on any atom is -0.495 e. The molecule has 1 aromatic carbocycles. The normalized spacial score (nSPS) is 11.0. The second-order valence-electron chi connectivity index (χ2n) is 5.22. The number of hydrogen-bond donors (Lipinski definition) is 2. The van der Waals surface area contributed by atoms with Crippen LogP contribution in [0.3, 0.4) is 0 Å². The van der Waals surface area contributed by atoms with Gasteiger partial charge in [-0.15, -0.1) is 0 Å². The lowest BCUT2D eigenvalue weighted by Gasteiger charge is -2.26. The lowest BCUT2D eigenvalue weighted by atomic mass is 9.79. The van der Waals surface area contributed by atoms with Gasteiger partial charge >= 0.3 is 5.97 Å². The Morgan fingerprint density at radius 2 is 1.90 bits per heavy atom. The fourth-order valence-electron chi connectivity index (χ4n) is 2.30. The molecule has 21 heavy (non-hydrogen) atoms. The molecule has 0 saturated carbocycles. The molecule has 0 heterocycles. The molecule has 2 N–H and O–H groups in total. The molecule has 0 aliphatic carbocycles. The number of aryl methyl sites for hydroxylation is 1. The van der Waals surface area contributed by atoms with Gasteiger partial charge in [-0.05, 0) is 37.5 Å². The Labute approximate surface area is 125 Å². The number of anilines is 1. The zero-order valence-corrected chi connectivity index (χ0v) is 13.0. The first-order chi connectivity index (χ1) is 9.88. The highest BCUT2D eigenvalue weighted by molar-refractivity contribution is 5.95. The van der Waals surface area contributed by atoms with Gasteiger partial charge in [0.05, 0.1) is 18.2 Å². The number of hydrogen-bond acceptors (Lipinski definition) is 3. The molecule has 0 aromatic heterocycles. The molecule has 5 nitrogen and oxygen atoms in total. The van der Waals surface area contributed by atoms with E-state index in [1.165, 1.54) is 7.11 Å². The monoisotopic (exact) mass is 293 g/mol. The number of nitrogens with one attached hydrogen (secondary N) is 1. The third kappa shape index (κ3) is 3.97. The maximum Gasteiger partial charge on any atom is 0.310 e. The van der Waals surface area contributed by atoms with E-state index >= 15 is 0 Å². The second kappa shape index (κ2) is 7.11. The number of methoxy groups -OCH3 is 1. The van der Waals surface area contributed by atoms with E-state index < -0.39 is 11.4 Å². The van der Waals surface area contributed by atoms with Crippen molar-refractivity contribution < 1.29 is 19.4 Å². The Balaban J connectivity index is 2.91. The van der Waals surface area contributed by atoms with Gasteiger partial charge < -0.3 is 15.2 Å². The van der Waals surface area contributed by atoms with Gasteiger partial charge in [-0.2, -0.15) is 0 Å². The number of ether oxygens (including phenoxy) is 1. The Morgan fingerprint density at radius 3 is 2.38 bits per heavy atom. The van der Waals surface area contributed by atoms with Crippen molar-refractivity contribution in [3.8, 4) is 5.75 Å². The summed E-state index contributed by atoms with van der Waals surface area (Å²) in [7, 11) is 1.53. The maximum absolute atomic E-state index is 12.2. The molecule has 0 aliphatic heterocycles. The lowest BCUT2D eigenvalue weighted by molar-refractivity contribution is -0.151. The highest BCUT2D eigenvalue weighted by Crippen LogP contribution is 2.32. The summed E-state index contributed by atoms with van der Waals surface area (Å²) in [4.78, 5) is 23.6. The minimum absolute atomic E-state index is 0.0492. The van der Waals surface area contributed by atoms with E-state index in [4.69, 9.17) is 4.74 Å². The van der Waals surface area contributed by atoms with Crippen molar-refractivity contribution in [1.29, 1.82) is 0 Å². The van der Waals surface area contributed by atoms with Gasteiger partial charge in [0.15, 0.2) is 0 Å². The first kappa shape index (κ1) is 17.0. The third-order valence-electron chi connectivity index (χ3n) is 3.94. The van der Waals surface area contributed by atoms with E-state index in [-0.39, 0.29) is 12.3 Å². The summed E-state index contributed by atoms with van der Waals surface area (Å²) in [6, 6.07) is 5.46. The molecule has 0 atom stereocenters. The molecule has 0 spiro atoms. The molecule has 1 amide bonds. The van der Waals surface area contributed by atoms with Crippen molar-refractivity contribution in [2.75, 3.05) is 12.4 Å². The molecule has 0 bridgehead atoms. The van der Waals surface area contributed by atoms with Crippen LogP contribution in [0.2, 0.25) is 0 Å². The summed E-state index contributed by atoms with van der Waals surface area (Å²) < 4.78 is 5.20. The van der Waals surface area contributed by atoms with Gasteiger partial charge in [-0.1, -0.05) is 19.9 Å². The van der Waals surface area contributed by atoms with Crippen LogP contribution in [0, 0.1) is 12.3 Å². The number of carbonyl (C=O) groups excluding carboxylic acids is 1. The topological polar surface area (TPSA) is 75.6 Å². The molecule has 0 fully saturated rings. The number of amides is 1.